The first-order valence-corrected chi connectivity index (χ1v) is 8.66. The molecule has 0 saturated heterocycles. The Morgan fingerprint density at radius 2 is 1.92 bits per heavy atom. The highest BCUT2D eigenvalue weighted by Crippen LogP contribution is 2.16. The van der Waals surface area contributed by atoms with Gasteiger partial charge in [-0.2, -0.15) is 0 Å². The Hall–Kier alpha value is -2.21. The molecule has 1 N–H and O–H groups in total. The molecule has 0 aliphatic carbocycles. The lowest BCUT2D eigenvalue weighted by atomic mass is 10.1. The second kappa shape index (κ2) is 8.25. The number of fused-ring (bicyclic) bond motifs is 1. The van der Waals surface area contributed by atoms with Crippen molar-refractivity contribution in [1.82, 2.24) is 14.9 Å². The number of ether oxygens (including phenoxy) is 1. The number of amides is 1. The molecule has 0 spiro atoms. The van der Waals surface area contributed by atoms with Gasteiger partial charge in [0.25, 0.3) is 5.56 Å². The Balaban J connectivity index is 2.14. The second-order valence-electron chi connectivity index (χ2n) is 6.64. The first-order valence-electron chi connectivity index (χ1n) is 8.66. The highest BCUT2D eigenvalue weighted by molar-refractivity contribution is 5.81. The molecule has 0 aliphatic rings. The molecule has 1 aromatic heterocycles. The van der Waals surface area contributed by atoms with Crippen LogP contribution in [0.2, 0.25) is 0 Å². The van der Waals surface area contributed by atoms with Crippen LogP contribution >= 0.6 is 0 Å². The number of rotatable bonds is 7. The van der Waals surface area contributed by atoms with Gasteiger partial charge < -0.3 is 10.1 Å². The molecular weight excluding hydrogens is 318 g/mol. The SMILES string of the molecule is Cc1cc2nc(C)c(=O)n(CC(=O)NCCCOC(C)C)c2cc1C. The van der Waals surface area contributed by atoms with E-state index in [1.54, 1.807) is 6.92 Å². The van der Waals surface area contributed by atoms with E-state index in [1.165, 1.54) is 4.57 Å². The van der Waals surface area contributed by atoms with Crippen LogP contribution in [0.15, 0.2) is 16.9 Å². The Bertz CT molecular complexity index is 825. The minimum absolute atomic E-state index is 0.00771. The van der Waals surface area contributed by atoms with E-state index in [2.05, 4.69) is 10.3 Å². The minimum atomic E-state index is -0.228. The zero-order valence-corrected chi connectivity index (χ0v) is 15.7. The lowest BCUT2D eigenvalue weighted by Crippen LogP contribution is -2.34. The van der Waals surface area contributed by atoms with Crippen molar-refractivity contribution in [2.75, 3.05) is 13.2 Å². The van der Waals surface area contributed by atoms with Crippen molar-refractivity contribution in [1.29, 1.82) is 0 Å². The third kappa shape index (κ3) is 4.89. The molecule has 2 aromatic rings. The van der Waals surface area contributed by atoms with Crippen LogP contribution in [-0.4, -0.2) is 34.7 Å². The Morgan fingerprint density at radius 3 is 2.60 bits per heavy atom. The predicted molar refractivity (Wildman–Crippen MR) is 98.9 cm³/mol. The Kier molecular flexibility index (Phi) is 6.31. The van der Waals surface area contributed by atoms with Crippen LogP contribution in [0.1, 0.15) is 37.1 Å². The molecule has 0 radical (unpaired) electrons. The van der Waals surface area contributed by atoms with Crippen LogP contribution in [0.4, 0.5) is 0 Å². The lowest BCUT2D eigenvalue weighted by Gasteiger charge is -2.13. The van der Waals surface area contributed by atoms with Gasteiger partial charge in [-0.3, -0.25) is 14.2 Å². The first-order chi connectivity index (χ1) is 11.8. The molecule has 0 aliphatic heterocycles. The monoisotopic (exact) mass is 345 g/mol. The van der Waals surface area contributed by atoms with Gasteiger partial charge in [-0.1, -0.05) is 0 Å². The smallest absolute Gasteiger partial charge is 0.272 e. The van der Waals surface area contributed by atoms with Gasteiger partial charge in [-0.25, -0.2) is 4.98 Å². The largest absolute Gasteiger partial charge is 0.379 e. The molecule has 2 rings (SSSR count). The topological polar surface area (TPSA) is 73.2 Å². The second-order valence-corrected chi connectivity index (χ2v) is 6.64. The molecule has 1 amide bonds. The maximum Gasteiger partial charge on any atom is 0.272 e. The molecule has 25 heavy (non-hydrogen) atoms. The van der Waals surface area contributed by atoms with Crippen molar-refractivity contribution < 1.29 is 9.53 Å². The van der Waals surface area contributed by atoms with Gasteiger partial charge in [0.2, 0.25) is 5.91 Å². The summed E-state index contributed by atoms with van der Waals surface area (Å²) < 4.78 is 6.95. The molecule has 0 fully saturated rings. The minimum Gasteiger partial charge on any atom is -0.379 e. The summed E-state index contributed by atoms with van der Waals surface area (Å²) in [5.41, 5.74) is 3.77. The average Bonchev–Trinajstić information content (AvgIpc) is 2.53. The number of benzene rings is 1. The van der Waals surface area contributed by atoms with Crippen molar-refractivity contribution in [3.8, 4) is 0 Å². The predicted octanol–water partition coefficient (Wildman–Crippen LogP) is 2.25. The van der Waals surface area contributed by atoms with E-state index >= 15 is 0 Å². The van der Waals surface area contributed by atoms with E-state index in [-0.39, 0.29) is 24.1 Å². The van der Waals surface area contributed by atoms with Gasteiger partial charge in [-0.15, -0.1) is 0 Å². The summed E-state index contributed by atoms with van der Waals surface area (Å²) in [5.74, 6) is -0.184. The molecule has 0 atom stereocenters. The summed E-state index contributed by atoms with van der Waals surface area (Å²) in [6.45, 7) is 10.7. The van der Waals surface area contributed by atoms with E-state index in [0.717, 1.165) is 23.1 Å². The van der Waals surface area contributed by atoms with Crippen LogP contribution in [0, 0.1) is 20.8 Å². The van der Waals surface area contributed by atoms with Crippen LogP contribution in [0.5, 0.6) is 0 Å². The quantitative estimate of drug-likeness (QED) is 0.781. The number of nitrogens with one attached hydrogen (secondary N) is 1. The number of nitrogens with zero attached hydrogens (tertiary/aromatic N) is 2. The maximum absolute atomic E-state index is 12.5. The van der Waals surface area contributed by atoms with Crippen LogP contribution in [0.25, 0.3) is 11.0 Å². The van der Waals surface area contributed by atoms with E-state index in [1.807, 2.05) is 39.8 Å². The van der Waals surface area contributed by atoms with Crippen LogP contribution in [-0.2, 0) is 16.1 Å². The molecule has 6 nitrogen and oxygen atoms in total. The number of aryl methyl sites for hydroxylation is 3. The van der Waals surface area contributed by atoms with E-state index < -0.39 is 0 Å². The van der Waals surface area contributed by atoms with Gasteiger partial charge in [0.05, 0.1) is 17.1 Å². The van der Waals surface area contributed by atoms with E-state index in [0.29, 0.717) is 24.4 Å². The van der Waals surface area contributed by atoms with Crippen molar-refractivity contribution in [3.05, 3.63) is 39.3 Å². The summed E-state index contributed by atoms with van der Waals surface area (Å²) in [7, 11) is 0. The highest BCUT2D eigenvalue weighted by atomic mass is 16.5. The van der Waals surface area contributed by atoms with E-state index in [4.69, 9.17) is 4.74 Å². The number of carbonyl (C=O) groups is 1. The number of carbonyl (C=O) groups excluding carboxylic acids is 1. The number of aromatic nitrogens is 2. The highest BCUT2D eigenvalue weighted by Gasteiger charge is 2.12. The molecule has 1 heterocycles. The summed E-state index contributed by atoms with van der Waals surface area (Å²) in [4.78, 5) is 29.1. The third-order valence-corrected chi connectivity index (χ3v) is 4.12. The van der Waals surface area contributed by atoms with E-state index in [9.17, 15) is 9.59 Å². The van der Waals surface area contributed by atoms with Gasteiger partial charge in [-0.05, 0) is 64.3 Å². The lowest BCUT2D eigenvalue weighted by molar-refractivity contribution is -0.121. The molecule has 6 heteroatoms. The van der Waals surface area contributed by atoms with Crippen LogP contribution < -0.4 is 10.9 Å². The Labute approximate surface area is 148 Å². The molecule has 1 aromatic carbocycles. The van der Waals surface area contributed by atoms with Gasteiger partial charge in [0, 0.05) is 13.2 Å². The first kappa shape index (κ1) is 19.1. The van der Waals surface area contributed by atoms with Crippen molar-refractivity contribution in [3.63, 3.8) is 0 Å². The molecule has 136 valence electrons. The normalized spacial score (nSPS) is 11.3. The number of hydrogen-bond donors (Lipinski definition) is 1. The average molecular weight is 345 g/mol. The fraction of sp³-hybridized carbons (Fsp3) is 0.526. The number of hydrogen-bond acceptors (Lipinski definition) is 4. The van der Waals surface area contributed by atoms with Gasteiger partial charge in [0.15, 0.2) is 0 Å². The maximum atomic E-state index is 12.5. The summed E-state index contributed by atoms with van der Waals surface area (Å²) in [5, 5.41) is 2.84. The fourth-order valence-corrected chi connectivity index (χ4v) is 2.60. The molecular formula is C19H27N3O3. The molecule has 0 saturated carbocycles. The molecule has 0 unspecified atom stereocenters. The van der Waals surface area contributed by atoms with Crippen molar-refractivity contribution >= 4 is 16.9 Å². The summed E-state index contributed by atoms with van der Waals surface area (Å²) >= 11 is 0. The molecule has 0 bridgehead atoms. The zero-order valence-electron chi connectivity index (χ0n) is 15.7. The van der Waals surface area contributed by atoms with Gasteiger partial charge in [0.1, 0.15) is 12.2 Å². The van der Waals surface area contributed by atoms with Crippen LogP contribution in [0.3, 0.4) is 0 Å². The van der Waals surface area contributed by atoms with Gasteiger partial charge >= 0.3 is 0 Å². The van der Waals surface area contributed by atoms with Crippen molar-refractivity contribution in [2.24, 2.45) is 0 Å². The Morgan fingerprint density at radius 1 is 1.24 bits per heavy atom. The standard InChI is InChI=1S/C19H27N3O3/c1-12(2)25-8-6-7-20-18(23)11-22-17-10-14(4)13(3)9-16(17)21-15(5)19(22)24/h9-10,12H,6-8,11H2,1-5H3,(H,20,23). The summed E-state index contributed by atoms with van der Waals surface area (Å²) in [6.07, 6.45) is 0.930. The third-order valence-electron chi connectivity index (χ3n) is 4.12. The van der Waals surface area contributed by atoms with Crippen molar-refractivity contribution in [2.45, 2.75) is 53.7 Å². The zero-order chi connectivity index (χ0) is 18.6. The summed E-state index contributed by atoms with van der Waals surface area (Å²) in [6, 6.07) is 3.87. The fourth-order valence-electron chi connectivity index (χ4n) is 2.60.